The fraction of sp³-hybridized carbons (Fsp3) is 0.743. The van der Waals surface area contributed by atoms with Crippen molar-refractivity contribution >= 4 is 5.97 Å². The Hall–Kier alpha value is -1.57. The maximum atomic E-state index is 12.7. The lowest BCUT2D eigenvalue weighted by Gasteiger charge is -2.60. The largest absolute Gasteiger partial charge is 0.458 e. The molecule has 3 saturated carbocycles. The molecular formula is C35H52O2. The molecule has 0 amide bonds. The van der Waals surface area contributed by atoms with Crippen LogP contribution < -0.4 is 0 Å². The fourth-order valence-electron chi connectivity index (χ4n) is 9.90. The highest BCUT2D eigenvalue weighted by Crippen LogP contribution is 2.68. The van der Waals surface area contributed by atoms with Crippen LogP contribution in [-0.2, 0) is 4.74 Å². The van der Waals surface area contributed by atoms with Crippen LogP contribution in [0.4, 0.5) is 0 Å². The average molecular weight is 505 g/mol. The number of hydrogen-bond acceptors (Lipinski definition) is 2. The maximum absolute atomic E-state index is 12.7. The highest BCUT2D eigenvalue weighted by molar-refractivity contribution is 5.89. The summed E-state index contributed by atoms with van der Waals surface area (Å²) >= 11 is 0. The summed E-state index contributed by atoms with van der Waals surface area (Å²) in [5.74, 6) is 5.56. The predicted octanol–water partition coefficient (Wildman–Crippen LogP) is 9.50. The average Bonchev–Trinajstić information content (AvgIpc) is 3.22. The molecule has 9 atom stereocenters. The number of hydrogen-bond donors (Lipinski definition) is 0. The molecule has 0 unspecified atom stereocenters. The molecule has 1 aromatic carbocycles. The van der Waals surface area contributed by atoms with Crippen molar-refractivity contribution in [3.05, 3.63) is 47.5 Å². The third-order valence-electron chi connectivity index (χ3n) is 11.9. The van der Waals surface area contributed by atoms with E-state index in [0.29, 0.717) is 16.9 Å². The second kappa shape index (κ2) is 10.5. The van der Waals surface area contributed by atoms with E-state index in [0.717, 1.165) is 54.8 Å². The first-order chi connectivity index (χ1) is 17.6. The van der Waals surface area contributed by atoms with Crippen molar-refractivity contribution in [2.45, 2.75) is 112 Å². The molecule has 0 aromatic heterocycles. The van der Waals surface area contributed by atoms with Crippen LogP contribution in [0.25, 0.3) is 0 Å². The Labute approximate surface area is 227 Å². The predicted molar refractivity (Wildman–Crippen MR) is 153 cm³/mol. The zero-order valence-corrected chi connectivity index (χ0v) is 24.5. The molecular weight excluding hydrogens is 452 g/mol. The summed E-state index contributed by atoms with van der Waals surface area (Å²) in [6.45, 7) is 15.1. The van der Waals surface area contributed by atoms with Gasteiger partial charge in [0, 0.05) is 6.42 Å². The zero-order valence-electron chi connectivity index (χ0n) is 24.5. The number of carbonyl (C=O) groups is 1. The lowest BCUT2D eigenvalue weighted by molar-refractivity contribution is -0.0745. The quantitative estimate of drug-likeness (QED) is 0.273. The van der Waals surface area contributed by atoms with Crippen LogP contribution >= 0.6 is 0 Å². The van der Waals surface area contributed by atoms with Crippen molar-refractivity contribution in [1.82, 2.24) is 0 Å². The summed E-state index contributed by atoms with van der Waals surface area (Å²) < 4.78 is 6.04. The second-order valence-corrected chi connectivity index (χ2v) is 14.4. The summed E-state index contributed by atoms with van der Waals surface area (Å²) in [4.78, 5) is 12.7. The molecule has 1 aromatic rings. The molecule has 0 spiro atoms. The van der Waals surface area contributed by atoms with Crippen molar-refractivity contribution in [2.24, 2.45) is 52.3 Å². The van der Waals surface area contributed by atoms with Crippen molar-refractivity contribution in [1.29, 1.82) is 0 Å². The Morgan fingerprint density at radius 2 is 1.73 bits per heavy atom. The van der Waals surface area contributed by atoms with E-state index < -0.39 is 0 Å². The molecule has 37 heavy (non-hydrogen) atoms. The van der Waals surface area contributed by atoms with Crippen LogP contribution in [-0.4, -0.2) is 12.1 Å². The van der Waals surface area contributed by atoms with E-state index in [2.05, 4.69) is 47.6 Å². The first kappa shape index (κ1) is 27.0. The van der Waals surface area contributed by atoms with E-state index in [4.69, 9.17) is 4.74 Å². The van der Waals surface area contributed by atoms with E-state index in [1.807, 2.05) is 30.3 Å². The third kappa shape index (κ3) is 4.96. The maximum Gasteiger partial charge on any atom is 0.338 e. The molecule has 3 fully saturated rings. The minimum Gasteiger partial charge on any atom is -0.458 e. The number of ether oxygens (including phenoxy) is 1. The van der Waals surface area contributed by atoms with Crippen molar-refractivity contribution in [3.63, 3.8) is 0 Å². The van der Waals surface area contributed by atoms with E-state index >= 15 is 0 Å². The van der Waals surface area contributed by atoms with Gasteiger partial charge in [0.15, 0.2) is 0 Å². The summed E-state index contributed by atoms with van der Waals surface area (Å²) in [6.07, 6.45) is 15.7. The molecule has 2 nitrogen and oxygen atoms in total. The topological polar surface area (TPSA) is 26.3 Å². The normalized spacial score (nSPS) is 39.8. The Morgan fingerprint density at radius 3 is 2.46 bits per heavy atom. The van der Waals surface area contributed by atoms with Gasteiger partial charge in [-0.3, -0.25) is 0 Å². The lowest BCUT2D eigenvalue weighted by Crippen LogP contribution is -2.53. The van der Waals surface area contributed by atoms with Gasteiger partial charge in [0.2, 0.25) is 0 Å². The number of benzene rings is 1. The Morgan fingerprint density at radius 1 is 0.973 bits per heavy atom. The van der Waals surface area contributed by atoms with E-state index in [-0.39, 0.29) is 17.5 Å². The van der Waals surface area contributed by atoms with Gasteiger partial charge in [-0.05, 0) is 103 Å². The molecule has 0 bridgehead atoms. The van der Waals surface area contributed by atoms with Crippen LogP contribution in [0.5, 0.6) is 0 Å². The number of rotatable bonds is 7. The highest BCUT2D eigenvalue weighted by atomic mass is 16.5. The lowest BCUT2D eigenvalue weighted by atomic mass is 9.45. The highest BCUT2D eigenvalue weighted by Gasteiger charge is 2.60. The van der Waals surface area contributed by atoms with Crippen molar-refractivity contribution in [3.8, 4) is 0 Å². The molecule has 0 N–H and O–H groups in total. The van der Waals surface area contributed by atoms with Crippen LogP contribution in [0.3, 0.4) is 0 Å². The molecule has 2 heteroatoms. The first-order valence-electron chi connectivity index (χ1n) is 15.6. The first-order valence-corrected chi connectivity index (χ1v) is 15.6. The molecule has 4 aliphatic rings. The van der Waals surface area contributed by atoms with E-state index in [1.165, 1.54) is 44.9 Å². The van der Waals surface area contributed by atoms with Gasteiger partial charge in [-0.15, -0.1) is 0 Å². The molecule has 204 valence electrons. The van der Waals surface area contributed by atoms with Crippen molar-refractivity contribution in [2.75, 3.05) is 0 Å². The van der Waals surface area contributed by atoms with Gasteiger partial charge in [-0.25, -0.2) is 4.79 Å². The van der Waals surface area contributed by atoms with Crippen molar-refractivity contribution < 1.29 is 9.53 Å². The molecule has 0 heterocycles. The summed E-state index contributed by atoms with van der Waals surface area (Å²) in [6, 6.07) is 9.50. The fourth-order valence-corrected chi connectivity index (χ4v) is 9.90. The Bertz CT molecular complexity index is 978. The number of fused-ring (bicyclic) bond motifs is 5. The monoisotopic (exact) mass is 504 g/mol. The minimum absolute atomic E-state index is 0.0205. The molecule has 5 rings (SSSR count). The molecule has 4 aliphatic carbocycles. The number of esters is 1. The summed E-state index contributed by atoms with van der Waals surface area (Å²) in [5, 5.41) is 0. The second-order valence-electron chi connectivity index (χ2n) is 14.4. The summed E-state index contributed by atoms with van der Waals surface area (Å²) in [5.41, 5.74) is 3.08. The Balaban J connectivity index is 1.29. The van der Waals surface area contributed by atoms with Gasteiger partial charge in [0.05, 0.1) is 5.56 Å². The molecule has 0 saturated heterocycles. The minimum atomic E-state index is -0.163. The van der Waals surface area contributed by atoms with Gasteiger partial charge in [-0.2, -0.15) is 0 Å². The smallest absolute Gasteiger partial charge is 0.338 e. The van der Waals surface area contributed by atoms with Crippen LogP contribution in [0, 0.1) is 52.3 Å². The number of allylic oxidation sites excluding steroid dienone is 1. The zero-order chi connectivity index (χ0) is 26.4. The van der Waals surface area contributed by atoms with Crippen LogP contribution in [0.1, 0.15) is 116 Å². The standard InChI is InChI=1S/C35H52O2/c1-23(2)11-10-12-24(3)29-15-16-30-32-25(4)21-27-22-28(37-33(36)26-13-8-7-9-14-26)17-19-34(27,5)31(32)18-20-35(29,30)6/h7-9,13-14,21,23-25,28-32H,10-12,15-20,22H2,1-6H3/t24-,25+,28-,29-,30+,31+,32+,34-,35-/m0/s1. The van der Waals surface area contributed by atoms with Gasteiger partial charge in [0.25, 0.3) is 0 Å². The molecule has 0 radical (unpaired) electrons. The number of carbonyl (C=O) groups excluding carboxylic acids is 1. The third-order valence-corrected chi connectivity index (χ3v) is 11.9. The van der Waals surface area contributed by atoms with E-state index in [1.54, 1.807) is 5.57 Å². The SMILES string of the molecule is CC(C)CCC[C@H](C)[C@@H]1CC[C@@H]2[C@H]3[C@H](C)C=C4C[C@@H](OC(=O)c5ccccc5)CC[C@]4(C)[C@@H]3CC[C@]21C. The Kier molecular flexibility index (Phi) is 7.69. The van der Waals surface area contributed by atoms with Crippen LogP contribution in [0.15, 0.2) is 42.0 Å². The van der Waals surface area contributed by atoms with Crippen LogP contribution in [0.2, 0.25) is 0 Å². The van der Waals surface area contributed by atoms with E-state index in [9.17, 15) is 4.79 Å². The summed E-state index contributed by atoms with van der Waals surface area (Å²) in [7, 11) is 0. The van der Waals surface area contributed by atoms with Gasteiger partial charge >= 0.3 is 5.97 Å². The van der Waals surface area contributed by atoms with Gasteiger partial charge < -0.3 is 4.74 Å². The van der Waals surface area contributed by atoms with Gasteiger partial charge in [-0.1, -0.05) is 90.7 Å². The molecule has 0 aliphatic heterocycles. The van der Waals surface area contributed by atoms with Gasteiger partial charge in [0.1, 0.15) is 6.10 Å².